The molecule has 8 heteroatoms. The van der Waals surface area contributed by atoms with Crippen LogP contribution in [0.25, 0.3) is 0 Å². The van der Waals surface area contributed by atoms with Crippen LogP contribution in [0.4, 0.5) is 0 Å². The average molecular weight is 276 g/mol. The standard InChI is InChI=1S/C10H16N2O5S/c1-16-7-8(17-2)5-12-18(14,15)9-3-4-10(13)11-6-9/h3-4,6,8,12H,5,7H2,1-2H3,(H,11,13). The number of pyridine rings is 1. The van der Waals surface area contributed by atoms with Crippen molar-refractivity contribution in [2.24, 2.45) is 0 Å². The molecule has 0 radical (unpaired) electrons. The van der Waals surface area contributed by atoms with Crippen molar-refractivity contribution in [3.05, 3.63) is 28.7 Å². The van der Waals surface area contributed by atoms with Crippen LogP contribution in [0.1, 0.15) is 0 Å². The third kappa shape index (κ3) is 4.22. The van der Waals surface area contributed by atoms with Gasteiger partial charge in [-0.25, -0.2) is 13.1 Å². The van der Waals surface area contributed by atoms with E-state index >= 15 is 0 Å². The maximum atomic E-state index is 11.8. The molecule has 1 rings (SSSR count). The van der Waals surface area contributed by atoms with Gasteiger partial charge in [-0.2, -0.15) is 0 Å². The predicted molar refractivity (Wildman–Crippen MR) is 64.9 cm³/mol. The molecule has 18 heavy (non-hydrogen) atoms. The lowest BCUT2D eigenvalue weighted by atomic mass is 10.4. The number of rotatable bonds is 7. The molecule has 0 aliphatic heterocycles. The molecule has 1 unspecified atom stereocenters. The summed E-state index contributed by atoms with van der Waals surface area (Å²) in [6.45, 7) is 0.371. The van der Waals surface area contributed by atoms with Gasteiger partial charge in [0, 0.05) is 33.0 Å². The van der Waals surface area contributed by atoms with Crippen molar-refractivity contribution in [2.75, 3.05) is 27.4 Å². The quantitative estimate of drug-likeness (QED) is 0.687. The van der Waals surface area contributed by atoms with Gasteiger partial charge in [-0.3, -0.25) is 4.79 Å². The number of nitrogens with one attached hydrogen (secondary N) is 2. The first-order valence-corrected chi connectivity index (χ1v) is 6.68. The molecule has 1 aromatic heterocycles. The van der Waals surface area contributed by atoms with E-state index in [4.69, 9.17) is 9.47 Å². The summed E-state index contributed by atoms with van der Waals surface area (Å²) >= 11 is 0. The molecule has 7 nitrogen and oxygen atoms in total. The normalized spacial score (nSPS) is 13.4. The highest BCUT2D eigenvalue weighted by atomic mass is 32.2. The lowest BCUT2D eigenvalue weighted by Crippen LogP contribution is -2.35. The van der Waals surface area contributed by atoms with Crippen LogP contribution in [0, 0.1) is 0 Å². The lowest BCUT2D eigenvalue weighted by molar-refractivity contribution is 0.0320. The van der Waals surface area contributed by atoms with Gasteiger partial charge in [0.2, 0.25) is 15.6 Å². The van der Waals surface area contributed by atoms with E-state index in [1.165, 1.54) is 20.3 Å². The van der Waals surface area contributed by atoms with Crippen LogP contribution in [-0.2, 0) is 19.5 Å². The van der Waals surface area contributed by atoms with E-state index in [0.29, 0.717) is 0 Å². The summed E-state index contributed by atoms with van der Waals surface area (Å²) in [5, 5.41) is 0. The van der Waals surface area contributed by atoms with Crippen molar-refractivity contribution < 1.29 is 17.9 Å². The van der Waals surface area contributed by atoms with E-state index in [1.807, 2.05) is 0 Å². The molecular formula is C10H16N2O5S. The summed E-state index contributed by atoms with van der Waals surface area (Å²) in [4.78, 5) is 13.1. The topological polar surface area (TPSA) is 97.5 Å². The maximum absolute atomic E-state index is 11.8. The van der Waals surface area contributed by atoms with Gasteiger partial charge < -0.3 is 14.5 Å². The third-order valence-electron chi connectivity index (χ3n) is 2.25. The number of methoxy groups -OCH3 is 2. The highest BCUT2D eigenvalue weighted by Gasteiger charge is 2.16. The lowest BCUT2D eigenvalue weighted by Gasteiger charge is -2.15. The Hall–Kier alpha value is -1.22. The van der Waals surface area contributed by atoms with E-state index in [1.54, 1.807) is 0 Å². The molecular weight excluding hydrogens is 260 g/mol. The van der Waals surface area contributed by atoms with Gasteiger partial charge in [0.1, 0.15) is 0 Å². The molecule has 0 saturated carbocycles. The minimum Gasteiger partial charge on any atom is -0.382 e. The molecule has 102 valence electrons. The largest absolute Gasteiger partial charge is 0.382 e. The Morgan fingerprint density at radius 3 is 2.61 bits per heavy atom. The van der Waals surface area contributed by atoms with E-state index in [-0.39, 0.29) is 29.7 Å². The third-order valence-corrected chi connectivity index (χ3v) is 3.67. The molecule has 0 amide bonds. The van der Waals surface area contributed by atoms with Crippen LogP contribution in [0.5, 0.6) is 0 Å². The van der Waals surface area contributed by atoms with Crippen molar-refractivity contribution >= 4 is 10.0 Å². The zero-order valence-corrected chi connectivity index (χ0v) is 11.0. The zero-order chi connectivity index (χ0) is 13.6. The minimum absolute atomic E-state index is 0.00521. The van der Waals surface area contributed by atoms with Gasteiger partial charge in [-0.15, -0.1) is 0 Å². The van der Waals surface area contributed by atoms with Crippen LogP contribution in [0.3, 0.4) is 0 Å². The first-order chi connectivity index (χ1) is 8.49. The summed E-state index contributed by atoms with van der Waals surface area (Å²) in [6.07, 6.45) is 0.774. The van der Waals surface area contributed by atoms with Crippen LogP contribution < -0.4 is 10.3 Å². The zero-order valence-electron chi connectivity index (χ0n) is 10.2. The summed E-state index contributed by atoms with van der Waals surface area (Å²) in [5.74, 6) is 0. The Morgan fingerprint density at radius 1 is 1.39 bits per heavy atom. The maximum Gasteiger partial charge on any atom is 0.247 e. The first-order valence-electron chi connectivity index (χ1n) is 5.19. The number of hydrogen-bond acceptors (Lipinski definition) is 5. The molecule has 0 aliphatic rings. The summed E-state index contributed by atoms with van der Waals surface area (Å²) < 4.78 is 36.0. The van der Waals surface area contributed by atoms with Crippen molar-refractivity contribution in [1.82, 2.24) is 9.71 Å². The minimum atomic E-state index is -3.66. The van der Waals surface area contributed by atoms with E-state index < -0.39 is 10.0 Å². The molecule has 0 aliphatic carbocycles. The summed E-state index contributed by atoms with van der Waals surface area (Å²) in [6, 6.07) is 2.39. The Bertz CT molecular complexity index is 505. The Morgan fingerprint density at radius 2 is 2.11 bits per heavy atom. The number of ether oxygens (including phenoxy) is 2. The molecule has 0 aromatic carbocycles. The fourth-order valence-electron chi connectivity index (χ4n) is 1.25. The second-order valence-electron chi connectivity index (χ2n) is 3.55. The molecule has 0 saturated heterocycles. The Kier molecular flexibility index (Phi) is 5.48. The van der Waals surface area contributed by atoms with Gasteiger partial charge in [0.05, 0.1) is 17.6 Å². The number of sulfonamides is 1. The second kappa shape index (κ2) is 6.64. The number of aromatic nitrogens is 1. The van der Waals surface area contributed by atoms with Gasteiger partial charge >= 0.3 is 0 Å². The molecule has 1 atom stereocenters. The predicted octanol–water partition coefficient (Wildman–Crippen LogP) is -0.685. The average Bonchev–Trinajstić information content (AvgIpc) is 2.35. The Labute approximate surface area is 105 Å². The van der Waals surface area contributed by atoms with Crippen LogP contribution >= 0.6 is 0 Å². The highest BCUT2D eigenvalue weighted by Crippen LogP contribution is 2.04. The molecule has 0 fully saturated rings. The Balaban J connectivity index is 2.70. The van der Waals surface area contributed by atoms with Crippen molar-refractivity contribution in [1.29, 1.82) is 0 Å². The molecule has 0 spiro atoms. The molecule has 1 heterocycles. The van der Waals surface area contributed by atoms with Gasteiger partial charge in [-0.05, 0) is 6.07 Å². The van der Waals surface area contributed by atoms with Crippen LogP contribution in [0.2, 0.25) is 0 Å². The number of aromatic amines is 1. The van der Waals surface area contributed by atoms with Gasteiger partial charge in [-0.1, -0.05) is 0 Å². The van der Waals surface area contributed by atoms with E-state index in [0.717, 1.165) is 12.3 Å². The van der Waals surface area contributed by atoms with E-state index in [9.17, 15) is 13.2 Å². The van der Waals surface area contributed by atoms with Gasteiger partial charge in [0.15, 0.2) is 0 Å². The SMILES string of the molecule is COCC(CNS(=O)(=O)c1ccc(=O)[nH]c1)OC. The van der Waals surface area contributed by atoms with Crippen molar-refractivity contribution in [3.8, 4) is 0 Å². The molecule has 1 aromatic rings. The van der Waals surface area contributed by atoms with Crippen molar-refractivity contribution in [2.45, 2.75) is 11.0 Å². The van der Waals surface area contributed by atoms with Crippen molar-refractivity contribution in [3.63, 3.8) is 0 Å². The smallest absolute Gasteiger partial charge is 0.247 e. The van der Waals surface area contributed by atoms with Crippen LogP contribution in [0.15, 0.2) is 28.0 Å². The monoisotopic (exact) mass is 276 g/mol. The molecule has 0 bridgehead atoms. The van der Waals surface area contributed by atoms with Gasteiger partial charge in [0.25, 0.3) is 0 Å². The van der Waals surface area contributed by atoms with E-state index in [2.05, 4.69) is 9.71 Å². The van der Waals surface area contributed by atoms with Crippen LogP contribution in [-0.4, -0.2) is 46.9 Å². The molecule has 2 N–H and O–H groups in total. The summed E-state index contributed by atoms with van der Waals surface area (Å²) in [7, 11) is -0.684. The second-order valence-corrected chi connectivity index (χ2v) is 5.32. The number of hydrogen-bond donors (Lipinski definition) is 2. The first kappa shape index (κ1) is 14.8. The summed E-state index contributed by atoms with van der Waals surface area (Å²) in [5.41, 5.74) is -0.358. The fraction of sp³-hybridized carbons (Fsp3) is 0.500. The number of H-pyrrole nitrogens is 1. The highest BCUT2D eigenvalue weighted by molar-refractivity contribution is 7.89. The fourth-order valence-corrected chi connectivity index (χ4v) is 2.28.